The number of aromatic nitrogens is 2. The highest BCUT2D eigenvalue weighted by atomic mass is 35.5. The third-order valence-electron chi connectivity index (χ3n) is 7.50. The Balaban J connectivity index is 1.35. The lowest BCUT2D eigenvalue weighted by molar-refractivity contribution is 0.0412. The molecule has 0 N–H and O–H groups in total. The number of rotatable bonds is 4. The van der Waals surface area contributed by atoms with E-state index in [0.717, 1.165) is 58.6 Å². The number of nitrogens with zero attached hydrogens (tertiary/aromatic N) is 4. The average molecular weight is 521 g/mol. The maximum Gasteiger partial charge on any atom is 0.410 e. The minimum absolute atomic E-state index is 0.0592. The lowest BCUT2D eigenvalue weighted by atomic mass is 9.82. The predicted octanol–water partition coefficient (Wildman–Crippen LogP) is 5.56. The monoisotopic (exact) mass is 520 g/mol. The molecule has 1 saturated heterocycles. The van der Waals surface area contributed by atoms with E-state index in [1.807, 2.05) is 45.2 Å². The van der Waals surface area contributed by atoms with E-state index in [2.05, 4.69) is 17.1 Å². The Morgan fingerprint density at radius 3 is 2.78 bits per heavy atom. The second-order valence-corrected chi connectivity index (χ2v) is 10.5. The van der Waals surface area contributed by atoms with E-state index < -0.39 is 0 Å². The van der Waals surface area contributed by atoms with Crippen molar-refractivity contribution >= 4 is 34.5 Å². The molecule has 194 valence electrons. The third kappa shape index (κ3) is 5.14. The highest BCUT2D eigenvalue weighted by Crippen LogP contribution is 2.38. The molecule has 1 aliphatic heterocycles. The molecule has 0 radical (unpaired) electrons. The fourth-order valence-corrected chi connectivity index (χ4v) is 5.86. The van der Waals surface area contributed by atoms with Gasteiger partial charge in [-0.1, -0.05) is 24.6 Å². The quantitative estimate of drug-likeness (QED) is 0.450. The van der Waals surface area contributed by atoms with Crippen molar-refractivity contribution in [1.82, 2.24) is 19.8 Å². The molecule has 1 fully saturated rings. The summed E-state index contributed by atoms with van der Waals surface area (Å²) >= 11 is 6.87. The summed E-state index contributed by atoms with van der Waals surface area (Å²) < 4.78 is 5.29. The number of amides is 2. The van der Waals surface area contributed by atoms with Crippen LogP contribution < -0.4 is 0 Å². The molecule has 8 heteroatoms. The maximum atomic E-state index is 13.4. The molecule has 0 bridgehead atoms. The Hall–Kier alpha value is -3.19. The Bertz CT molecular complexity index is 1340. The van der Waals surface area contributed by atoms with Crippen molar-refractivity contribution in [2.45, 2.75) is 58.4 Å². The average Bonchev–Trinajstić information content (AvgIpc) is 2.90. The number of benzene rings is 1. The van der Waals surface area contributed by atoms with Gasteiger partial charge in [-0.2, -0.15) is 0 Å². The highest BCUT2D eigenvalue weighted by molar-refractivity contribution is 6.36. The van der Waals surface area contributed by atoms with Crippen LogP contribution in [0.3, 0.4) is 0 Å². The van der Waals surface area contributed by atoms with Gasteiger partial charge in [-0.25, -0.2) is 4.79 Å². The van der Waals surface area contributed by atoms with Gasteiger partial charge in [-0.05, 0) is 80.8 Å². The Morgan fingerprint density at radius 2 is 2.03 bits per heavy atom. The van der Waals surface area contributed by atoms with E-state index in [-0.39, 0.29) is 18.0 Å². The topological polar surface area (TPSA) is 75.6 Å². The van der Waals surface area contributed by atoms with Crippen LogP contribution in [0.25, 0.3) is 10.9 Å². The molecule has 2 aliphatic rings. The van der Waals surface area contributed by atoms with E-state index in [4.69, 9.17) is 21.3 Å². The van der Waals surface area contributed by atoms with Crippen LogP contribution in [0.15, 0.2) is 36.5 Å². The molecule has 1 aliphatic carbocycles. The number of carbonyl (C=O) groups excluding carboxylic acids is 2. The Labute approximate surface area is 222 Å². The molecule has 3 aromatic rings. The number of piperazine rings is 1. The first-order chi connectivity index (χ1) is 17.9. The summed E-state index contributed by atoms with van der Waals surface area (Å²) in [6.07, 6.45) is 5.07. The highest BCUT2D eigenvalue weighted by Gasteiger charge is 2.31. The van der Waals surface area contributed by atoms with Crippen molar-refractivity contribution in [3.05, 3.63) is 69.6 Å². The second-order valence-electron chi connectivity index (χ2n) is 10.2. The summed E-state index contributed by atoms with van der Waals surface area (Å²) in [5.74, 6) is 0.318. The number of pyridine rings is 2. The summed E-state index contributed by atoms with van der Waals surface area (Å²) in [4.78, 5) is 38.6. The van der Waals surface area contributed by atoms with E-state index in [0.29, 0.717) is 37.7 Å². The van der Waals surface area contributed by atoms with Crippen molar-refractivity contribution in [3.8, 4) is 0 Å². The smallest absolute Gasteiger partial charge is 0.410 e. The lowest BCUT2D eigenvalue weighted by Crippen LogP contribution is -2.55. The molecule has 3 heterocycles. The Kier molecular flexibility index (Phi) is 7.33. The summed E-state index contributed by atoms with van der Waals surface area (Å²) in [6, 6.07) is 9.74. The number of halogens is 1. The van der Waals surface area contributed by atoms with Crippen LogP contribution in [0.1, 0.15) is 65.5 Å². The lowest BCUT2D eigenvalue weighted by Gasteiger charge is -2.39. The molecule has 2 aromatic heterocycles. The van der Waals surface area contributed by atoms with Crippen molar-refractivity contribution < 1.29 is 14.3 Å². The van der Waals surface area contributed by atoms with Gasteiger partial charge in [-0.3, -0.25) is 14.8 Å². The van der Waals surface area contributed by atoms with Gasteiger partial charge < -0.3 is 14.5 Å². The van der Waals surface area contributed by atoms with E-state index in [9.17, 15) is 9.59 Å². The van der Waals surface area contributed by atoms with Gasteiger partial charge in [0.2, 0.25) is 0 Å². The molecule has 7 nitrogen and oxygen atoms in total. The van der Waals surface area contributed by atoms with Gasteiger partial charge in [0.15, 0.2) is 0 Å². The summed E-state index contributed by atoms with van der Waals surface area (Å²) in [6.45, 7) is 7.72. The molecule has 1 aromatic carbocycles. The zero-order chi connectivity index (χ0) is 26.1. The van der Waals surface area contributed by atoms with Gasteiger partial charge in [0.05, 0.1) is 17.1 Å². The number of hydrogen-bond donors (Lipinski definition) is 0. The maximum absolute atomic E-state index is 13.4. The zero-order valence-corrected chi connectivity index (χ0v) is 22.4. The van der Waals surface area contributed by atoms with Gasteiger partial charge in [0, 0.05) is 54.2 Å². The van der Waals surface area contributed by atoms with Gasteiger partial charge in [0.25, 0.3) is 5.91 Å². The standard InChI is InChI=1S/C29H33ClN4O3/c1-4-13-37-29(36)34-12-11-33(17-19(34)3)28(35)22-6-8-24-26(16-22)32-25-15-20(5-7-23(25)27(24)30)21-9-10-31-18(2)14-21/h6,8-10,14,16,19-20H,4-5,7,11-13,15,17H2,1-3H3/t19-,20?/m0/s1. The van der Waals surface area contributed by atoms with Gasteiger partial charge >= 0.3 is 6.09 Å². The molecule has 2 atom stereocenters. The fourth-order valence-electron chi connectivity index (χ4n) is 5.50. The van der Waals surface area contributed by atoms with E-state index in [1.165, 1.54) is 5.56 Å². The van der Waals surface area contributed by atoms with Crippen molar-refractivity contribution in [1.29, 1.82) is 0 Å². The van der Waals surface area contributed by atoms with Crippen LogP contribution in [0.4, 0.5) is 4.79 Å². The van der Waals surface area contributed by atoms with Crippen LogP contribution in [-0.2, 0) is 17.6 Å². The number of ether oxygens (including phenoxy) is 1. The molecule has 5 rings (SSSR count). The summed E-state index contributed by atoms with van der Waals surface area (Å²) in [5, 5.41) is 1.63. The summed E-state index contributed by atoms with van der Waals surface area (Å²) in [7, 11) is 0. The second kappa shape index (κ2) is 10.7. The van der Waals surface area contributed by atoms with E-state index in [1.54, 1.807) is 9.80 Å². The van der Waals surface area contributed by atoms with Gasteiger partial charge in [0.1, 0.15) is 0 Å². The Morgan fingerprint density at radius 1 is 1.19 bits per heavy atom. The molecular formula is C29H33ClN4O3. The van der Waals surface area contributed by atoms with Crippen LogP contribution in [0, 0.1) is 6.92 Å². The number of hydrogen-bond acceptors (Lipinski definition) is 5. The number of carbonyl (C=O) groups is 2. The van der Waals surface area contributed by atoms with Crippen LogP contribution in [-0.4, -0.2) is 64.1 Å². The van der Waals surface area contributed by atoms with Gasteiger partial charge in [-0.15, -0.1) is 0 Å². The molecule has 37 heavy (non-hydrogen) atoms. The third-order valence-corrected chi connectivity index (χ3v) is 7.94. The zero-order valence-electron chi connectivity index (χ0n) is 21.7. The van der Waals surface area contributed by atoms with Crippen molar-refractivity contribution in [2.24, 2.45) is 0 Å². The first-order valence-corrected chi connectivity index (χ1v) is 13.5. The molecule has 0 saturated carbocycles. The number of aryl methyl sites for hydroxylation is 1. The van der Waals surface area contributed by atoms with Crippen molar-refractivity contribution in [3.63, 3.8) is 0 Å². The van der Waals surface area contributed by atoms with Crippen molar-refractivity contribution in [2.75, 3.05) is 26.2 Å². The molecule has 2 amide bonds. The van der Waals surface area contributed by atoms with Crippen LogP contribution in [0.2, 0.25) is 5.02 Å². The summed E-state index contributed by atoms with van der Waals surface area (Å²) in [5.41, 5.74) is 5.77. The van der Waals surface area contributed by atoms with E-state index >= 15 is 0 Å². The largest absolute Gasteiger partial charge is 0.449 e. The fraction of sp³-hybridized carbons (Fsp3) is 0.448. The minimum atomic E-state index is -0.309. The molecule has 0 spiro atoms. The van der Waals surface area contributed by atoms with Crippen LogP contribution in [0.5, 0.6) is 0 Å². The first-order valence-electron chi connectivity index (χ1n) is 13.1. The molecular weight excluding hydrogens is 488 g/mol. The predicted molar refractivity (Wildman–Crippen MR) is 144 cm³/mol. The van der Waals surface area contributed by atoms with Crippen LogP contribution >= 0.6 is 11.6 Å². The minimum Gasteiger partial charge on any atom is -0.449 e. The molecule has 1 unspecified atom stereocenters. The normalized spacial score (nSPS) is 19.6. The SMILES string of the molecule is CCCOC(=O)N1CCN(C(=O)c2ccc3c(Cl)c4c(nc3c2)CC(c2ccnc(C)c2)CC4)C[C@@H]1C. The number of fused-ring (bicyclic) bond motifs is 2. The first kappa shape index (κ1) is 25.5.